The van der Waals surface area contributed by atoms with Gasteiger partial charge in [-0.25, -0.2) is 29.1 Å². The van der Waals surface area contributed by atoms with Gasteiger partial charge in [-0.3, -0.25) is 24.9 Å². The topological polar surface area (TPSA) is 243 Å². The third-order valence-electron chi connectivity index (χ3n) is 7.77. The van der Waals surface area contributed by atoms with Crippen molar-refractivity contribution in [3.63, 3.8) is 0 Å². The standard InChI is InChI=1S/C16H18N2O2.C12H10N2O2.C10H12BrNO2.C6H4BrNO2.C5H6N2/c1-16(2,3)20-15(19)13-6-8-18-14(10-13)9-12-5-4-7-17-11-12;15-12(16)10-3-5-14-11(7-10)6-9-2-1-4-13-8-9;1-10(2,3)14-9(13)7-4-5-12-8(11)6-7;7-5-3-4(6(9)10)1-2-8-5;6-5-1-3-7-4-2-5/h4-8,10-11H,9H2,1-3H3;1-5,7-8H,6H2,(H,15,16);4-6H,1-3H3;1-3H,(H,9,10);1-4H,(H2,6,7). The van der Waals surface area contributed by atoms with Crippen LogP contribution in [0.3, 0.4) is 0 Å². The van der Waals surface area contributed by atoms with Crippen LogP contribution in [0.2, 0.25) is 0 Å². The minimum absolute atomic E-state index is 0.238. The van der Waals surface area contributed by atoms with Gasteiger partial charge in [-0.1, -0.05) is 12.1 Å². The average Bonchev–Trinajstić information content (AvgIpc) is 3.27. The number of ether oxygens (including phenoxy) is 2. The van der Waals surface area contributed by atoms with E-state index in [9.17, 15) is 19.2 Å². The Morgan fingerprint density at radius 1 is 0.507 bits per heavy atom. The zero-order chi connectivity index (χ0) is 49.4. The van der Waals surface area contributed by atoms with E-state index >= 15 is 0 Å². The molecule has 0 saturated carbocycles. The first-order chi connectivity index (χ1) is 31.7. The van der Waals surface area contributed by atoms with Gasteiger partial charge in [0.15, 0.2) is 0 Å². The molecular formula is C49H50Br2N8O8. The molecule has 67 heavy (non-hydrogen) atoms. The third-order valence-corrected chi connectivity index (χ3v) is 8.64. The number of halogens is 2. The van der Waals surface area contributed by atoms with Crippen LogP contribution in [0.1, 0.15) is 105 Å². The van der Waals surface area contributed by atoms with Gasteiger partial charge in [0.25, 0.3) is 0 Å². The highest BCUT2D eigenvalue weighted by atomic mass is 79.9. The molecule has 0 unspecified atom stereocenters. The molecule has 0 aromatic carbocycles. The molecule has 0 radical (unpaired) electrons. The van der Waals surface area contributed by atoms with Crippen LogP contribution in [-0.4, -0.2) is 80.2 Å². The average molecular weight is 1040 g/mol. The molecule has 348 valence electrons. The fourth-order valence-corrected chi connectivity index (χ4v) is 5.67. The number of anilines is 1. The number of nitrogens with zero attached hydrogens (tertiary/aromatic N) is 7. The number of carbonyl (C=O) groups is 4. The second-order valence-electron chi connectivity index (χ2n) is 15.8. The van der Waals surface area contributed by atoms with E-state index in [-0.39, 0.29) is 23.1 Å². The van der Waals surface area contributed by atoms with Crippen LogP contribution in [-0.2, 0) is 22.3 Å². The highest BCUT2D eigenvalue weighted by Crippen LogP contribution is 2.16. The molecule has 0 aliphatic heterocycles. The first kappa shape index (κ1) is 54.0. The Hall–Kier alpha value is -7.31. The fourth-order valence-electron chi connectivity index (χ4n) is 4.94. The molecule has 7 aromatic heterocycles. The quantitative estimate of drug-likeness (QED) is 0.0947. The number of rotatable bonds is 8. The second kappa shape index (κ2) is 27.2. The molecule has 0 saturated heterocycles. The maximum atomic E-state index is 12.0. The van der Waals surface area contributed by atoms with E-state index in [0.29, 0.717) is 33.2 Å². The summed E-state index contributed by atoms with van der Waals surface area (Å²) in [5, 5.41) is 17.3. The van der Waals surface area contributed by atoms with E-state index in [2.05, 4.69) is 66.7 Å². The molecule has 0 bridgehead atoms. The molecule has 0 atom stereocenters. The predicted octanol–water partition coefficient (Wildman–Crippen LogP) is 9.79. The summed E-state index contributed by atoms with van der Waals surface area (Å²) in [6.07, 6.45) is 17.7. The molecule has 0 aliphatic carbocycles. The molecule has 7 aromatic rings. The van der Waals surface area contributed by atoms with Crippen LogP contribution in [0.4, 0.5) is 5.69 Å². The number of hydrogen-bond donors (Lipinski definition) is 3. The maximum Gasteiger partial charge on any atom is 0.338 e. The van der Waals surface area contributed by atoms with Gasteiger partial charge in [0.1, 0.15) is 20.4 Å². The van der Waals surface area contributed by atoms with Crippen LogP contribution in [0.5, 0.6) is 0 Å². The lowest BCUT2D eigenvalue weighted by Gasteiger charge is -2.19. The number of aromatic nitrogens is 7. The van der Waals surface area contributed by atoms with Crippen molar-refractivity contribution in [1.82, 2.24) is 34.9 Å². The normalized spacial score (nSPS) is 10.3. The predicted molar refractivity (Wildman–Crippen MR) is 259 cm³/mol. The molecule has 0 spiro atoms. The van der Waals surface area contributed by atoms with Crippen molar-refractivity contribution in [3.05, 3.63) is 201 Å². The van der Waals surface area contributed by atoms with Gasteiger partial charge in [-0.05, 0) is 157 Å². The zero-order valence-electron chi connectivity index (χ0n) is 37.6. The van der Waals surface area contributed by atoms with Gasteiger partial charge < -0.3 is 25.4 Å². The molecule has 0 fully saturated rings. The van der Waals surface area contributed by atoms with E-state index in [4.69, 9.17) is 25.4 Å². The molecule has 4 N–H and O–H groups in total. The summed E-state index contributed by atoms with van der Waals surface area (Å²) in [5.41, 5.74) is 10.3. The van der Waals surface area contributed by atoms with Crippen molar-refractivity contribution >= 4 is 61.4 Å². The number of carbonyl (C=O) groups excluding carboxylic acids is 2. The van der Waals surface area contributed by atoms with Crippen molar-refractivity contribution in [3.8, 4) is 0 Å². The smallest absolute Gasteiger partial charge is 0.338 e. The summed E-state index contributed by atoms with van der Waals surface area (Å²) in [6, 6.07) is 23.8. The lowest BCUT2D eigenvalue weighted by atomic mass is 10.1. The largest absolute Gasteiger partial charge is 0.478 e. The van der Waals surface area contributed by atoms with Crippen molar-refractivity contribution in [1.29, 1.82) is 0 Å². The molecule has 0 aliphatic rings. The van der Waals surface area contributed by atoms with Gasteiger partial charge in [0.05, 0.1) is 22.3 Å². The van der Waals surface area contributed by atoms with E-state index < -0.39 is 23.1 Å². The number of pyridine rings is 7. The van der Waals surface area contributed by atoms with Gasteiger partial charge in [-0.2, -0.15) is 0 Å². The number of nitrogens with two attached hydrogens (primary N) is 1. The Morgan fingerprint density at radius 3 is 1.22 bits per heavy atom. The monoisotopic (exact) mass is 1040 g/mol. The number of esters is 2. The van der Waals surface area contributed by atoms with E-state index in [1.54, 1.807) is 92.0 Å². The Kier molecular flexibility index (Phi) is 22.0. The van der Waals surface area contributed by atoms with Crippen LogP contribution in [0, 0.1) is 0 Å². The number of hydrogen-bond acceptors (Lipinski definition) is 14. The number of carboxylic acid groups (broad SMARTS) is 2. The molecule has 7 heterocycles. The Bertz CT molecular complexity index is 2650. The fraction of sp³-hybridized carbons (Fsp3) is 0.204. The van der Waals surface area contributed by atoms with Crippen molar-refractivity contribution in [2.45, 2.75) is 65.6 Å². The van der Waals surface area contributed by atoms with E-state index in [1.807, 2.05) is 65.8 Å². The van der Waals surface area contributed by atoms with Crippen LogP contribution in [0.15, 0.2) is 156 Å². The second-order valence-corrected chi connectivity index (χ2v) is 17.4. The number of aromatic carboxylic acids is 2. The summed E-state index contributed by atoms with van der Waals surface area (Å²) in [7, 11) is 0. The highest BCUT2D eigenvalue weighted by Gasteiger charge is 2.19. The Balaban J connectivity index is 0.000000231. The van der Waals surface area contributed by atoms with Gasteiger partial charge >= 0.3 is 23.9 Å². The summed E-state index contributed by atoms with van der Waals surface area (Å²) in [6.45, 7) is 11.1. The first-order valence-corrected chi connectivity index (χ1v) is 21.8. The van der Waals surface area contributed by atoms with Crippen molar-refractivity contribution in [2.24, 2.45) is 0 Å². The maximum absolute atomic E-state index is 12.0. The summed E-state index contributed by atoms with van der Waals surface area (Å²) in [4.78, 5) is 72.5. The van der Waals surface area contributed by atoms with Gasteiger partial charge in [-0.15, -0.1) is 0 Å². The summed E-state index contributed by atoms with van der Waals surface area (Å²) >= 11 is 6.25. The van der Waals surface area contributed by atoms with E-state index in [1.165, 1.54) is 30.6 Å². The highest BCUT2D eigenvalue weighted by molar-refractivity contribution is 9.10. The lowest BCUT2D eigenvalue weighted by Crippen LogP contribution is -2.24. The molecule has 18 heteroatoms. The Morgan fingerprint density at radius 2 is 0.881 bits per heavy atom. The van der Waals surface area contributed by atoms with Crippen LogP contribution >= 0.6 is 31.9 Å². The van der Waals surface area contributed by atoms with E-state index in [0.717, 1.165) is 28.2 Å². The zero-order valence-corrected chi connectivity index (χ0v) is 40.8. The van der Waals surface area contributed by atoms with Gasteiger partial charge in [0, 0.05) is 91.9 Å². The summed E-state index contributed by atoms with van der Waals surface area (Å²) in [5.74, 6) is -2.54. The minimum Gasteiger partial charge on any atom is -0.478 e. The van der Waals surface area contributed by atoms with Crippen LogP contribution < -0.4 is 5.73 Å². The van der Waals surface area contributed by atoms with Crippen molar-refractivity contribution < 1.29 is 38.9 Å². The van der Waals surface area contributed by atoms with Crippen molar-refractivity contribution in [2.75, 3.05) is 5.73 Å². The molecule has 16 nitrogen and oxygen atoms in total. The summed E-state index contributed by atoms with van der Waals surface area (Å²) < 4.78 is 11.7. The Labute approximate surface area is 405 Å². The molecule has 0 amide bonds. The minimum atomic E-state index is -0.942. The number of carboxylic acids is 2. The SMILES string of the molecule is CC(C)(C)OC(=O)c1ccnc(Br)c1.CC(C)(C)OC(=O)c1ccnc(Cc2cccnc2)c1.Nc1ccncc1.O=C(O)c1ccnc(Br)c1.O=C(O)c1ccnc(Cc2cccnc2)c1. The number of nitrogen functional groups attached to an aromatic ring is 1. The molecule has 7 rings (SSSR count). The lowest BCUT2D eigenvalue weighted by molar-refractivity contribution is 0.00568. The van der Waals surface area contributed by atoms with Gasteiger partial charge in [0.2, 0.25) is 0 Å². The third kappa shape index (κ3) is 22.9. The molecular weight excluding hydrogens is 988 g/mol. The first-order valence-electron chi connectivity index (χ1n) is 20.2. The van der Waals surface area contributed by atoms with Crippen LogP contribution in [0.25, 0.3) is 0 Å².